The second kappa shape index (κ2) is 12.4. The number of hydrogen-bond acceptors (Lipinski definition) is 3. The molecule has 0 amide bonds. The van der Waals surface area contributed by atoms with Crippen LogP contribution in [-0.4, -0.2) is 30.9 Å². The Hall–Kier alpha value is -1.59. The summed E-state index contributed by atoms with van der Waals surface area (Å²) >= 11 is 0. The molecular weight excluding hydrogens is 406 g/mol. The van der Waals surface area contributed by atoms with Crippen LogP contribution in [0.4, 0.5) is 0 Å². The number of unbranched alkanes of at least 4 members (excludes halogenated alkanes) is 2. The van der Waals surface area contributed by atoms with E-state index in [9.17, 15) is 13.5 Å². The normalized spacial score (nSPS) is 15.8. The molecule has 1 aromatic rings. The number of piperidine rings is 1. The number of sulfonamides is 1. The van der Waals surface area contributed by atoms with Crippen LogP contribution in [0.5, 0.6) is 5.75 Å². The zero-order valence-corrected chi connectivity index (χ0v) is 20.7. The second-order valence-electron chi connectivity index (χ2n) is 9.06. The van der Waals surface area contributed by atoms with Crippen LogP contribution in [0.25, 0.3) is 0 Å². The van der Waals surface area contributed by atoms with Gasteiger partial charge in [-0.25, -0.2) is 8.42 Å². The molecule has 174 valence electrons. The Bertz CT molecular complexity index is 874. The molecule has 1 heterocycles. The fraction of sp³-hybridized carbons (Fsp3) is 0.615. The maximum Gasteiger partial charge on any atom is 0.247 e. The predicted molar refractivity (Wildman–Crippen MR) is 130 cm³/mol. The molecule has 0 saturated carbocycles. The van der Waals surface area contributed by atoms with Gasteiger partial charge in [0.15, 0.2) is 0 Å². The summed E-state index contributed by atoms with van der Waals surface area (Å²) in [5.41, 5.74) is 4.02. The summed E-state index contributed by atoms with van der Waals surface area (Å²) in [6.07, 6.45) is 13.4. The van der Waals surface area contributed by atoms with Gasteiger partial charge >= 0.3 is 0 Å². The summed E-state index contributed by atoms with van der Waals surface area (Å²) < 4.78 is 28.6. The van der Waals surface area contributed by atoms with Crippen molar-refractivity contribution in [2.45, 2.75) is 96.8 Å². The van der Waals surface area contributed by atoms with E-state index >= 15 is 0 Å². The van der Waals surface area contributed by atoms with Gasteiger partial charge in [0, 0.05) is 13.1 Å². The van der Waals surface area contributed by atoms with Gasteiger partial charge in [-0.15, -0.1) is 0 Å². The maximum absolute atomic E-state index is 13.5. The molecule has 4 nitrogen and oxygen atoms in total. The second-order valence-corrected chi connectivity index (χ2v) is 10.9. The topological polar surface area (TPSA) is 57.6 Å². The van der Waals surface area contributed by atoms with E-state index in [-0.39, 0.29) is 10.6 Å². The number of allylic oxidation sites excluding steroid dienone is 4. The van der Waals surface area contributed by atoms with Crippen LogP contribution in [-0.2, 0) is 22.9 Å². The highest BCUT2D eigenvalue weighted by Crippen LogP contribution is 2.35. The van der Waals surface area contributed by atoms with Crippen LogP contribution in [0.15, 0.2) is 40.3 Å². The van der Waals surface area contributed by atoms with E-state index in [1.165, 1.54) is 11.1 Å². The Kier molecular flexibility index (Phi) is 10.3. The highest BCUT2D eigenvalue weighted by Gasteiger charge is 2.31. The standard InChI is InChI=1S/C26H41NO3S/c1-5-6-8-14-24-18-17-23(16-15-22(4)13-11-12-21(2)3)25(28)26(24)31(29,30)27-19-9-7-10-20-27/h12,15,17-18,28H,5-11,13-14,16,19-20H2,1-4H3/b22-15+. The third-order valence-electron chi connectivity index (χ3n) is 6.02. The minimum atomic E-state index is -3.69. The molecular formula is C26H41NO3S. The number of phenols is 1. The summed E-state index contributed by atoms with van der Waals surface area (Å²) in [4.78, 5) is 0.151. The van der Waals surface area contributed by atoms with Gasteiger partial charge in [0.05, 0.1) is 0 Å². The van der Waals surface area contributed by atoms with Crippen molar-refractivity contribution >= 4 is 10.0 Å². The minimum absolute atomic E-state index is 0.0482. The summed E-state index contributed by atoms with van der Waals surface area (Å²) in [6, 6.07) is 3.83. The van der Waals surface area contributed by atoms with Gasteiger partial charge < -0.3 is 5.11 Å². The van der Waals surface area contributed by atoms with Gasteiger partial charge in [-0.05, 0) is 76.8 Å². The van der Waals surface area contributed by atoms with Crippen LogP contribution >= 0.6 is 0 Å². The van der Waals surface area contributed by atoms with Crippen LogP contribution in [0.3, 0.4) is 0 Å². The maximum atomic E-state index is 13.5. The zero-order chi connectivity index (χ0) is 22.9. The van der Waals surface area contributed by atoms with Crippen molar-refractivity contribution in [1.29, 1.82) is 0 Å². The van der Waals surface area contributed by atoms with Crippen LogP contribution < -0.4 is 0 Å². The summed E-state index contributed by atoms with van der Waals surface area (Å²) in [6.45, 7) is 9.53. The van der Waals surface area contributed by atoms with Crippen molar-refractivity contribution < 1.29 is 13.5 Å². The molecule has 5 heteroatoms. The van der Waals surface area contributed by atoms with Crippen molar-refractivity contribution in [2.24, 2.45) is 0 Å². The molecule has 0 spiro atoms. The van der Waals surface area contributed by atoms with E-state index in [0.29, 0.717) is 31.5 Å². The molecule has 0 radical (unpaired) electrons. The first-order valence-corrected chi connectivity index (χ1v) is 13.3. The first kappa shape index (κ1) is 25.7. The Morgan fingerprint density at radius 2 is 1.71 bits per heavy atom. The molecule has 2 rings (SSSR count). The summed E-state index contributed by atoms with van der Waals surface area (Å²) in [7, 11) is -3.69. The van der Waals surface area contributed by atoms with Gasteiger partial charge in [0.1, 0.15) is 10.6 Å². The van der Waals surface area contributed by atoms with E-state index in [1.54, 1.807) is 4.31 Å². The Morgan fingerprint density at radius 3 is 2.35 bits per heavy atom. The molecule has 1 aliphatic rings. The number of hydrogen-bond donors (Lipinski definition) is 1. The molecule has 1 fully saturated rings. The number of aromatic hydroxyl groups is 1. The Morgan fingerprint density at radius 1 is 1.03 bits per heavy atom. The highest BCUT2D eigenvalue weighted by atomic mass is 32.2. The molecule has 1 N–H and O–H groups in total. The molecule has 0 aliphatic carbocycles. The van der Waals surface area contributed by atoms with E-state index < -0.39 is 10.0 Å². The molecule has 1 aromatic carbocycles. The zero-order valence-electron chi connectivity index (χ0n) is 19.9. The monoisotopic (exact) mass is 447 g/mol. The van der Waals surface area contributed by atoms with Crippen LogP contribution in [0.1, 0.15) is 90.2 Å². The number of benzene rings is 1. The van der Waals surface area contributed by atoms with Crippen LogP contribution in [0, 0.1) is 0 Å². The third-order valence-corrected chi connectivity index (χ3v) is 8.04. The molecule has 0 atom stereocenters. The largest absolute Gasteiger partial charge is 0.506 e. The van der Waals surface area contributed by atoms with E-state index in [4.69, 9.17) is 0 Å². The van der Waals surface area contributed by atoms with Crippen LogP contribution in [0.2, 0.25) is 0 Å². The SMILES string of the molecule is CCCCCc1ccc(C/C=C(\C)CCC=C(C)C)c(O)c1S(=O)(=O)N1CCCCC1. The lowest BCUT2D eigenvalue weighted by atomic mass is 10.0. The smallest absolute Gasteiger partial charge is 0.247 e. The van der Waals surface area contributed by atoms with Gasteiger partial charge in [-0.1, -0.05) is 61.6 Å². The lowest BCUT2D eigenvalue weighted by Crippen LogP contribution is -2.36. The fourth-order valence-electron chi connectivity index (χ4n) is 4.08. The number of rotatable bonds is 11. The Labute approximate surface area is 190 Å². The lowest BCUT2D eigenvalue weighted by Gasteiger charge is -2.27. The number of phenolic OH excluding ortho intramolecular Hbond substituents is 1. The lowest BCUT2D eigenvalue weighted by molar-refractivity contribution is 0.344. The minimum Gasteiger partial charge on any atom is -0.506 e. The first-order valence-electron chi connectivity index (χ1n) is 11.9. The molecule has 0 unspecified atom stereocenters. The van der Waals surface area contributed by atoms with E-state index in [0.717, 1.165) is 56.9 Å². The third kappa shape index (κ3) is 7.50. The van der Waals surface area contributed by atoms with Gasteiger partial charge in [0.2, 0.25) is 10.0 Å². The molecule has 0 aromatic heterocycles. The van der Waals surface area contributed by atoms with Gasteiger partial charge in [-0.2, -0.15) is 4.31 Å². The van der Waals surface area contributed by atoms with Crippen molar-refractivity contribution in [3.8, 4) is 5.75 Å². The summed E-state index contributed by atoms with van der Waals surface area (Å²) in [5.74, 6) is -0.0482. The Balaban J connectivity index is 2.32. The molecule has 1 aliphatic heterocycles. The quantitative estimate of drug-likeness (QED) is 0.310. The van der Waals surface area contributed by atoms with E-state index in [1.807, 2.05) is 12.1 Å². The van der Waals surface area contributed by atoms with Gasteiger partial charge in [-0.3, -0.25) is 0 Å². The van der Waals surface area contributed by atoms with Crippen molar-refractivity contribution in [3.63, 3.8) is 0 Å². The first-order chi connectivity index (χ1) is 14.8. The molecule has 31 heavy (non-hydrogen) atoms. The summed E-state index contributed by atoms with van der Waals surface area (Å²) in [5, 5.41) is 11.1. The van der Waals surface area contributed by atoms with E-state index in [2.05, 4.69) is 39.8 Å². The van der Waals surface area contributed by atoms with Gasteiger partial charge in [0.25, 0.3) is 0 Å². The van der Waals surface area contributed by atoms with Crippen molar-refractivity contribution in [1.82, 2.24) is 4.31 Å². The fourth-order valence-corrected chi connectivity index (χ4v) is 5.95. The highest BCUT2D eigenvalue weighted by molar-refractivity contribution is 7.89. The van der Waals surface area contributed by atoms with Crippen molar-refractivity contribution in [2.75, 3.05) is 13.1 Å². The van der Waals surface area contributed by atoms with Crippen molar-refractivity contribution in [3.05, 3.63) is 46.6 Å². The number of aryl methyl sites for hydroxylation is 1. The average Bonchev–Trinajstić information content (AvgIpc) is 2.73. The average molecular weight is 448 g/mol. The number of nitrogens with zero attached hydrogens (tertiary/aromatic N) is 1. The molecule has 0 bridgehead atoms. The predicted octanol–water partition coefficient (Wildman–Crippen LogP) is 6.53. The molecule has 1 saturated heterocycles.